The molecule has 0 atom stereocenters. The first kappa shape index (κ1) is 21.8. The van der Waals surface area contributed by atoms with Crippen LogP contribution in [0.2, 0.25) is 15.1 Å². The molecule has 2 aromatic rings. The van der Waals surface area contributed by atoms with E-state index in [1.807, 2.05) is 19.1 Å². The van der Waals surface area contributed by atoms with Gasteiger partial charge in [0.25, 0.3) is 0 Å². The minimum Gasteiger partial charge on any atom is -0.325 e. The van der Waals surface area contributed by atoms with Crippen LogP contribution < -0.4 is 9.62 Å². The molecule has 0 radical (unpaired) electrons. The molecule has 1 amide bonds. The second-order valence-electron chi connectivity index (χ2n) is 6.07. The molecule has 0 saturated carbocycles. The van der Waals surface area contributed by atoms with Crippen LogP contribution in [0.15, 0.2) is 36.4 Å². The summed E-state index contributed by atoms with van der Waals surface area (Å²) in [5.41, 5.74) is 1.95. The minimum absolute atomic E-state index is 0.119. The number of sulfonamides is 1. The number of nitrogens with one attached hydrogen (secondary N) is 1. The highest BCUT2D eigenvalue weighted by atomic mass is 35.5. The number of halogens is 3. The van der Waals surface area contributed by atoms with E-state index in [9.17, 15) is 13.2 Å². The number of carbonyl (C=O) groups is 1. The van der Waals surface area contributed by atoms with Crippen LogP contribution in [0.25, 0.3) is 0 Å². The predicted octanol–water partition coefficient (Wildman–Crippen LogP) is 5.14. The van der Waals surface area contributed by atoms with Gasteiger partial charge in [-0.3, -0.25) is 9.10 Å². The Labute approximate surface area is 174 Å². The molecule has 27 heavy (non-hydrogen) atoms. The lowest BCUT2D eigenvalue weighted by molar-refractivity contribution is -0.116. The molecule has 0 spiro atoms. The van der Waals surface area contributed by atoms with Crippen molar-refractivity contribution in [3.8, 4) is 0 Å². The topological polar surface area (TPSA) is 66.5 Å². The maximum absolute atomic E-state index is 12.2. The van der Waals surface area contributed by atoms with Crippen LogP contribution in [0.3, 0.4) is 0 Å². The van der Waals surface area contributed by atoms with Gasteiger partial charge in [-0.2, -0.15) is 0 Å². The van der Waals surface area contributed by atoms with Crippen LogP contribution in [0.4, 0.5) is 11.4 Å². The monoisotopic (exact) mass is 448 g/mol. The number of nitrogens with zero attached hydrogens (tertiary/aromatic N) is 1. The fraction of sp³-hybridized carbons (Fsp3) is 0.278. The van der Waals surface area contributed by atoms with E-state index in [-0.39, 0.29) is 28.9 Å². The van der Waals surface area contributed by atoms with Gasteiger partial charge in [-0.1, -0.05) is 52.5 Å². The molecular formula is C18H19Cl3N2O3S. The lowest BCUT2D eigenvalue weighted by atomic mass is 10.2. The summed E-state index contributed by atoms with van der Waals surface area (Å²) < 4.78 is 25.4. The summed E-state index contributed by atoms with van der Waals surface area (Å²) in [6.07, 6.45) is 1.60. The lowest BCUT2D eigenvalue weighted by Crippen LogP contribution is -2.31. The highest BCUT2D eigenvalue weighted by molar-refractivity contribution is 7.92. The third-order valence-electron chi connectivity index (χ3n) is 3.77. The molecule has 9 heteroatoms. The first-order valence-electron chi connectivity index (χ1n) is 8.06. The van der Waals surface area contributed by atoms with E-state index >= 15 is 0 Å². The molecular weight excluding hydrogens is 431 g/mol. The number of aryl methyl sites for hydroxylation is 1. The van der Waals surface area contributed by atoms with E-state index in [4.69, 9.17) is 34.8 Å². The van der Waals surface area contributed by atoms with E-state index < -0.39 is 10.0 Å². The van der Waals surface area contributed by atoms with Crippen molar-refractivity contribution in [1.82, 2.24) is 0 Å². The summed E-state index contributed by atoms with van der Waals surface area (Å²) in [5.74, 6) is -0.298. The van der Waals surface area contributed by atoms with Gasteiger partial charge in [0.05, 0.1) is 32.7 Å². The lowest BCUT2D eigenvalue weighted by Gasteiger charge is -2.22. The van der Waals surface area contributed by atoms with Gasteiger partial charge < -0.3 is 5.32 Å². The Morgan fingerprint density at radius 2 is 1.63 bits per heavy atom. The molecule has 2 aromatic carbocycles. The number of anilines is 2. The van der Waals surface area contributed by atoms with Crippen LogP contribution in [0, 0.1) is 6.92 Å². The Hall–Kier alpha value is -1.47. The minimum atomic E-state index is -3.46. The Morgan fingerprint density at radius 1 is 1.04 bits per heavy atom. The largest absolute Gasteiger partial charge is 0.325 e. The molecule has 5 nitrogen and oxygen atoms in total. The molecule has 2 rings (SSSR count). The molecule has 0 aliphatic heterocycles. The molecule has 0 aromatic heterocycles. The zero-order valence-corrected chi connectivity index (χ0v) is 17.9. The van der Waals surface area contributed by atoms with Crippen molar-refractivity contribution in [3.05, 3.63) is 57.0 Å². The average Bonchev–Trinajstić information content (AvgIpc) is 2.56. The van der Waals surface area contributed by atoms with E-state index in [0.717, 1.165) is 11.8 Å². The molecule has 0 unspecified atom stereocenters. The molecule has 0 fully saturated rings. The van der Waals surface area contributed by atoms with Crippen molar-refractivity contribution in [1.29, 1.82) is 0 Å². The van der Waals surface area contributed by atoms with Gasteiger partial charge in [0.15, 0.2) is 0 Å². The standard InChI is InChI=1S/C18H19Cl3N2O3S/c1-12-5-7-13(8-6-12)23(27(2,25)26)9-3-4-18(24)22-17-11-15(20)14(19)10-16(17)21/h5-8,10-11H,3-4,9H2,1-2H3,(H,22,24). The maximum Gasteiger partial charge on any atom is 0.232 e. The van der Waals surface area contributed by atoms with Crippen LogP contribution in [-0.2, 0) is 14.8 Å². The first-order chi connectivity index (χ1) is 12.6. The zero-order chi connectivity index (χ0) is 20.2. The highest BCUT2D eigenvalue weighted by Crippen LogP contribution is 2.32. The third-order valence-corrected chi connectivity index (χ3v) is 6.00. The van der Waals surface area contributed by atoms with Gasteiger partial charge in [-0.15, -0.1) is 0 Å². The van der Waals surface area contributed by atoms with E-state index in [1.54, 1.807) is 12.1 Å². The quantitative estimate of drug-likeness (QED) is 0.595. The van der Waals surface area contributed by atoms with Gasteiger partial charge in [0, 0.05) is 13.0 Å². The van der Waals surface area contributed by atoms with E-state index in [0.29, 0.717) is 22.8 Å². The second-order valence-corrected chi connectivity index (χ2v) is 9.20. The summed E-state index contributed by atoms with van der Waals surface area (Å²) in [7, 11) is -3.46. The molecule has 0 saturated heterocycles. The highest BCUT2D eigenvalue weighted by Gasteiger charge is 2.18. The predicted molar refractivity (Wildman–Crippen MR) is 113 cm³/mol. The second kappa shape index (κ2) is 9.15. The number of benzene rings is 2. The van der Waals surface area contributed by atoms with Crippen LogP contribution in [0.1, 0.15) is 18.4 Å². The fourth-order valence-corrected chi connectivity index (χ4v) is 3.97. The molecule has 0 aliphatic rings. The van der Waals surface area contributed by atoms with Gasteiger partial charge >= 0.3 is 0 Å². The van der Waals surface area contributed by atoms with Crippen LogP contribution in [0.5, 0.6) is 0 Å². The van der Waals surface area contributed by atoms with Crippen LogP contribution in [-0.4, -0.2) is 27.1 Å². The number of carbonyl (C=O) groups excluding carboxylic acids is 1. The van der Waals surface area contributed by atoms with Crippen molar-refractivity contribution >= 4 is 62.1 Å². The van der Waals surface area contributed by atoms with Crippen molar-refractivity contribution in [2.75, 3.05) is 22.4 Å². The zero-order valence-electron chi connectivity index (χ0n) is 14.8. The number of hydrogen-bond acceptors (Lipinski definition) is 3. The summed E-state index contributed by atoms with van der Waals surface area (Å²) in [6, 6.07) is 10.1. The summed E-state index contributed by atoms with van der Waals surface area (Å²) >= 11 is 17.8. The Balaban J connectivity index is 1.99. The van der Waals surface area contributed by atoms with Gasteiger partial charge in [-0.25, -0.2) is 8.42 Å². The molecule has 0 heterocycles. The smallest absolute Gasteiger partial charge is 0.232 e. The van der Waals surface area contributed by atoms with Crippen molar-refractivity contribution in [3.63, 3.8) is 0 Å². The summed E-state index contributed by atoms with van der Waals surface area (Å²) in [4.78, 5) is 12.2. The Morgan fingerprint density at radius 3 is 2.22 bits per heavy atom. The van der Waals surface area contributed by atoms with Crippen molar-refractivity contribution in [2.45, 2.75) is 19.8 Å². The van der Waals surface area contributed by atoms with Gasteiger partial charge in [0.2, 0.25) is 15.9 Å². The SMILES string of the molecule is Cc1ccc(N(CCCC(=O)Nc2cc(Cl)c(Cl)cc2Cl)S(C)(=O)=O)cc1. The van der Waals surface area contributed by atoms with Gasteiger partial charge in [-0.05, 0) is 37.6 Å². The summed E-state index contributed by atoms with van der Waals surface area (Å²) in [5, 5.41) is 3.50. The Kier molecular flexibility index (Phi) is 7.40. The van der Waals surface area contributed by atoms with Crippen LogP contribution >= 0.6 is 34.8 Å². The average molecular weight is 450 g/mol. The normalized spacial score (nSPS) is 11.3. The molecule has 146 valence electrons. The number of amides is 1. The molecule has 1 N–H and O–H groups in total. The third kappa shape index (κ3) is 6.28. The molecule has 0 aliphatic carbocycles. The van der Waals surface area contributed by atoms with Crippen molar-refractivity contribution < 1.29 is 13.2 Å². The fourth-order valence-electron chi connectivity index (χ4n) is 2.41. The maximum atomic E-state index is 12.2. The van der Waals surface area contributed by atoms with Crippen molar-refractivity contribution in [2.24, 2.45) is 0 Å². The van der Waals surface area contributed by atoms with Gasteiger partial charge in [0.1, 0.15) is 0 Å². The number of hydrogen-bond donors (Lipinski definition) is 1. The Bertz CT molecular complexity index is 932. The molecule has 0 bridgehead atoms. The summed E-state index contributed by atoms with van der Waals surface area (Å²) in [6.45, 7) is 2.11. The van der Waals surface area contributed by atoms with E-state index in [1.165, 1.54) is 16.4 Å². The first-order valence-corrected chi connectivity index (χ1v) is 11.0. The number of rotatable bonds is 7. The van der Waals surface area contributed by atoms with E-state index in [2.05, 4.69) is 5.32 Å².